The Balaban J connectivity index is 2.31. The van der Waals surface area contributed by atoms with Crippen molar-refractivity contribution in [3.8, 4) is 0 Å². The first-order valence-electron chi connectivity index (χ1n) is 4.17. The molecule has 3 heteroatoms. The fourth-order valence-electron chi connectivity index (χ4n) is 1.78. The third-order valence-corrected chi connectivity index (χ3v) is 2.39. The zero-order valence-corrected chi connectivity index (χ0v) is 6.72. The molecular formula is C8H14F2O. The van der Waals surface area contributed by atoms with Gasteiger partial charge in [-0.2, -0.15) is 8.78 Å². The Bertz CT molecular complexity index is 117. The number of ether oxygens (including phenoxy) is 1. The minimum absolute atomic E-state index is 0.181. The Labute approximate surface area is 65.7 Å². The predicted octanol–water partition coefficient (Wildman–Crippen LogP) is 2.80. The van der Waals surface area contributed by atoms with Gasteiger partial charge in [0, 0.05) is 0 Å². The van der Waals surface area contributed by atoms with Crippen LogP contribution in [-0.2, 0) is 4.74 Å². The number of rotatable bonds is 3. The highest BCUT2D eigenvalue weighted by atomic mass is 19.3. The molecule has 2 atom stereocenters. The van der Waals surface area contributed by atoms with Crippen molar-refractivity contribution < 1.29 is 13.5 Å². The number of hydrogen-bond donors (Lipinski definition) is 0. The minimum atomic E-state index is -2.59. The van der Waals surface area contributed by atoms with Gasteiger partial charge in [-0.1, -0.05) is 19.8 Å². The lowest BCUT2D eigenvalue weighted by atomic mass is 10.0. The van der Waals surface area contributed by atoms with E-state index in [9.17, 15) is 8.78 Å². The van der Waals surface area contributed by atoms with Crippen LogP contribution in [0.25, 0.3) is 0 Å². The van der Waals surface area contributed by atoms with Crippen LogP contribution in [0.3, 0.4) is 0 Å². The first-order valence-corrected chi connectivity index (χ1v) is 4.17. The van der Waals surface area contributed by atoms with Crippen LogP contribution in [0.5, 0.6) is 0 Å². The van der Waals surface area contributed by atoms with E-state index in [0.717, 1.165) is 25.7 Å². The minimum Gasteiger partial charge on any atom is -0.319 e. The molecular weight excluding hydrogens is 150 g/mol. The zero-order valence-electron chi connectivity index (χ0n) is 6.72. The fraction of sp³-hybridized carbons (Fsp3) is 1.00. The lowest BCUT2D eigenvalue weighted by Gasteiger charge is -2.17. The summed E-state index contributed by atoms with van der Waals surface area (Å²) >= 11 is 0. The summed E-state index contributed by atoms with van der Waals surface area (Å²) in [6, 6.07) is 0. The molecule has 1 aliphatic rings. The molecule has 0 aromatic rings. The number of alkyl halides is 2. The predicted molar refractivity (Wildman–Crippen MR) is 38.5 cm³/mol. The molecule has 66 valence electrons. The van der Waals surface area contributed by atoms with Crippen LogP contribution < -0.4 is 0 Å². The van der Waals surface area contributed by atoms with Gasteiger partial charge >= 0.3 is 6.61 Å². The zero-order chi connectivity index (χ0) is 8.27. The van der Waals surface area contributed by atoms with Crippen molar-refractivity contribution in [3.63, 3.8) is 0 Å². The van der Waals surface area contributed by atoms with Crippen LogP contribution in [0.15, 0.2) is 0 Å². The first kappa shape index (κ1) is 8.91. The van der Waals surface area contributed by atoms with Gasteiger partial charge < -0.3 is 4.74 Å². The monoisotopic (exact) mass is 164 g/mol. The molecule has 11 heavy (non-hydrogen) atoms. The molecule has 1 nitrogen and oxygen atoms in total. The summed E-state index contributed by atoms with van der Waals surface area (Å²) in [5.41, 5.74) is 0. The Morgan fingerprint density at radius 1 is 1.45 bits per heavy atom. The highest BCUT2D eigenvalue weighted by molar-refractivity contribution is 4.76. The van der Waals surface area contributed by atoms with Crippen LogP contribution in [0.4, 0.5) is 8.78 Å². The molecule has 0 N–H and O–H groups in total. The van der Waals surface area contributed by atoms with Crippen molar-refractivity contribution in [1.82, 2.24) is 0 Å². The number of hydrogen-bond acceptors (Lipinski definition) is 1. The quantitative estimate of drug-likeness (QED) is 0.623. The Morgan fingerprint density at radius 2 is 2.18 bits per heavy atom. The largest absolute Gasteiger partial charge is 0.345 e. The normalized spacial score (nSPS) is 31.6. The third-order valence-electron chi connectivity index (χ3n) is 2.39. The molecule has 0 aliphatic heterocycles. The van der Waals surface area contributed by atoms with E-state index < -0.39 is 6.61 Å². The average molecular weight is 164 g/mol. The van der Waals surface area contributed by atoms with Crippen molar-refractivity contribution in [2.45, 2.75) is 45.3 Å². The van der Waals surface area contributed by atoms with Crippen molar-refractivity contribution in [2.24, 2.45) is 5.92 Å². The fourth-order valence-corrected chi connectivity index (χ4v) is 1.78. The molecule has 0 aromatic carbocycles. The summed E-state index contributed by atoms with van der Waals surface area (Å²) in [7, 11) is 0. The van der Waals surface area contributed by atoms with Gasteiger partial charge in [-0.15, -0.1) is 0 Å². The molecule has 0 saturated heterocycles. The van der Waals surface area contributed by atoms with E-state index >= 15 is 0 Å². The van der Waals surface area contributed by atoms with E-state index in [1.54, 1.807) is 0 Å². The van der Waals surface area contributed by atoms with Gasteiger partial charge in [-0.25, -0.2) is 0 Å². The summed E-state index contributed by atoms with van der Waals surface area (Å²) in [5, 5.41) is 0. The maximum absolute atomic E-state index is 11.8. The Morgan fingerprint density at radius 3 is 2.73 bits per heavy atom. The summed E-state index contributed by atoms with van der Waals surface area (Å²) in [6.07, 6.45) is 3.67. The van der Waals surface area contributed by atoms with Crippen LogP contribution in [0.2, 0.25) is 0 Å². The maximum atomic E-state index is 11.8. The topological polar surface area (TPSA) is 9.23 Å². The van der Waals surface area contributed by atoms with E-state index in [4.69, 9.17) is 0 Å². The smallest absolute Gasteiger partial charge is 0.319 e. The van der Waals surface area contributed by atoms with Crippen LogP contribution in [0, 0.1) is 5.92 Å². The molecule has 0 spiro atoms. The second-order valence-electron chi connectivity index (χ2n) is 3.03. The van der Waals surface area contributed by atoms with Gasteiger partial charge in [0.15, 0.2) is 0 Å². The van der Waals surface area contributed by atoms with E-state index in [-0.39, 0.29) is 6.10 Å². The Kier molecular flexibility index (Phi) is 3.24. The van der Waals surface area contributed by atoms with Crippen LogP contribution in [0.1, 0.15) is 32.6 Å². The summed E-state index contributed by atoms with van der Waals surface area (Å²) in [4.78, 5) is 0. The third kappa shape index (κ3) is 2.40. The molecule has 2 unspecified atom stereocenters. The van der Waals surface area contributed by atoms with E-state index in [2.05, 4.69) is 4.74 Å². The van der Waals surface area contributed by atoms with E-state index in [1.807, 2.05) is 6.92 Å². The van der Waals surface area contributed by atoms with Crippen molar-refractivity contribution >= 4 is 0 Å². The second-order valence-corrected chi connectivity index (χ2v) is 3.03. The van der Waals surface area contributed by atoms with Gasteiger partial charge in [-0.05, 0) is 18.8 Å². The van der Waals surface area contributed by atoms with Crippen LogP contribution in [-0.4, -0.2) is 12.7 Å². The second kappa shape index (κ2) is 4.00. The van der Waals surface area contributed by atoms with Gasteiger partial charge in [0.25, 0.3) is 0 Å². The summed E-state index contributed by atoms with van der Waals surface area (Å²) < 4.78 is 28.0. The van der Waals surface area contributed by atoms with Crippen molar-refractivity contribution in [2.75, 3.05) is 0 Å². The first-order chi connectivity index (χ1) is 5.24. The van der Waals surface area contributed by atoms with E-state index in [1.165, 1.54) is 0 Å². The van der Waals surface area contributed by atoms with Crippen molar-refractivity contribution in [3.05, 3.63) is 0 Å². The highest BCUT2D eigenvalue weighted by Crippen LogP contribution is 2.31. The van der Waals surface area contributed by atoms with Gasteiger partial charge in [0.05, 0.1) is 6.10 Å². The summed E-state index contributed by atoms with van der Waals surface area (Å²) in [5.74, 6) is 0.365. The molecule has 1 fully saturated rings. The molecule has 1 rings (SSSR count). The van der Waals surface area contributed by atoms with Crippen LogP contribution >= 0.6 is 0 Å². The SMILES string of the molecule is CCC1CCCC1OC(F)F. The average Bonchev–Trinajstić information content (AvgIpc) is 2.34. The van der Waals surface area contributed by atoms with E-state index in [0.29, 0.717) is 5.92 Å². The molecule has 1 saturated carbocycles. The molecule has 1 aliphatic carbocycles. The van der Waals surface area contributed by atoms with Crippen molar-refractivity contribution in [1.29, 1.82) is 0 Å². The lowest BCUT2D eigenvalue weighted by Crippen LogP contribution is -2.20. The van der Waals surface area contributed by atoms with Gasteiger partial charge in [-0.3, -0.25) is 0 Å². The number of halogens is 2. The molecule has 0 radical (unpaired) electrons. The molecule has 0 amide bonds. The summed E-state index contributed by atoms with van der Waals surface area (Å²) in [6.45, 7) is -0.565. The highest BCUT2D eigenvalue weighted by Gasteiger charge is 2.28. The molecule has 0 aromatic heterocycles. The van der Waals surface area contributed by atoms with Gasteiger partial charge in [0.2, 0.25) is 0 Å². The maximum Gasteiger partial charge on any atom is 0.345 e. The van der Waals surface area contributed by atoms with Gasteiger partial charge in [0.1, 0.15) is 0 Å². The Hall–Kier alpha value is -0.180. The molecule has 0 heterocycles. The lowest BCUT2D eigenvalue weighted by molar-refractivity contribution is -0.171. The standard InChI is InChI=1S/C8H14F2O/c1-2-6-4-3-5-7(6)11-8(9)10/h6-8H,2-5H2,1H3. The molecule has 0 bridgehead atoms.